The molecule has 2 N–H and O–H groups in total. The van der Waals surface area contributed by atoms with Crippen LogP contribution in [0.3, 0.4) is 0 Å². The third-order valence-electron chi connectivity index (χ3n) is 7.46. The zero-order chi connectivity index (χ0) is 23.8. The second kappa shape index (κ2) is 6.76. The van der Waals surface area contributed by atoms with Crippen LogP contribution in [0, 0.1) is 0 Å². The molecule has 0 radical (unpaired) electrons. The van der Waals surface area contributed by atoms with Gasteiger partial charge in [-0.3, -0.25) is 9.63 Å². The molecular formula is C26H28N2O5. The van der Waals surface area contributed by atoms with Gasteiger partial charge < -0.3 is 15.1 Å². The van der Waals surface area contributed by atoms with Crippen molar-refractivity contribution in [3.63, 3.8) is 0 Å². The van der Waals surface area contributed by atoms with Crippen LogP contribution in [0.1, 0.15) is 55.6 Å². The molecule has 0 aromatic heterocycles. The van der Waals surface area contributed by atoms with E-state index >= 15 is 0 Å². The van der Waals surface area contributed by atoms with Crippen molar-refractivity contribution in [3.8, 4) is 0 Å². The minimum Gasteiger partial charge on any atom is -0.478 e. The number of rotatable bonds is 5. The number of benzene rings is 2. The molecule has 4 aliphatic rings. The quantitative estimate of drug-likeness (QED) is 0.725. The zero-order valence-corrected chi connectivity index (χ0v) is 19.2. The number of Topliss-reactive ketones (excluding diaryl/α,β-unsaturated/α-hetero) is 1. The Bertz CT molecular complexity index is 1190. The summed E-state index contributed by atoms with van der Waals surface area (Å²) in [6.07, 6.45) is 2.36. The fraction of sp³-hybridized carbons (Fsp3) is 0.385. The van der Waals surface area contributed by atoms with E-state index in [0.717, 1.165) is 0 Å². The highest BCUT2D eigenvalue weighted by molar-refractivity contribution is 6.26. The molecule has 33 heavy (non-hydrogen) atoms. The van der Waals surface area contributed by atoms with Gasteiger partial charge in [-0.25, -0.2) is 4.79 Å². The van der Waals surface area contributed by atoms with Gasteiger partial charge in [0.2, 0.25) is 11.5 Å². The number of carboxylic acid groups (broad SMARTS) is 1. The number of fused-ring (bicyclic) bond motifs is 1. The molecule has 0 spiro atoms. The molecule has 7 nitrogen and oxygen atoms in total. The summed E-state index contributed by atoms with van der Waals surface area (Å²) in [5.41, 5.74) is -2.38. The summed E-state index contributed by atoms with van der Waals surface area (Å²) in [6.45, 7) is 8.63. The maximum Gasteiger partial charge on any atom is 0.336 e. The second-order valence-electron chi connectivity index (χ2n) is 10.3. The number of carbonyl (C=O) groups is 2. The van der Waals surface area contributed by atoms with Crippen molar-refractivity contribution < 1.29 is 24.6 Å². The van der Waals surface area contributed by atoms with E-state index in [1.165, 1.54) is 12.1 Å². The molecule has 3 saturated heterocycles. The SMILES string of the molecule is CC1(C)CC2(CN3C=C(c4ccccc4)C(=O)C3(O)c3ccccc3C(=O)O)ON1C2(C)C. The molecule has 3 unspecified atom stereocenters. The molecule has 4 heterocycles. The van der Waals surface area contributed by atoms with Crippen LogP contribution in [0.5, 0.6) is 0 Å². The summed E-state index contributed by atoms with van der Waals surface area (Å²) >= 11 is 0. The first kappa shape index (κ1) is 21.8. The van der Waals surface area contributed by atoms with Crippen molar-refractivity contribution in [3.05, 3.63) is 77.5 Å². The summed E-state index contributed by atoms with van der Waals surface area (Å²) in [5, 5.41) is 23.8. The molecule has 4 aliphatic heterocycles. The standard InChI is InChI=1S/C26H28N2O5/c1-23(2)15-25(24(3,4)28(23)33-25)16-27-14-19(17-10-6-5-7-11-17)21(29)26(27,32)20-13-9-8-12-18(20)22(30)31/h5-14,32H,15-16H2,1-4H3,(H,30,31). The fourth-order valence-corrected chi connectivity index (χ4v) is 5.86. The summed E-state index contributed by atoms with van der Waals surface area (Å²) in [4.78, 5) is 33.6. The third-order valence-corrected chi connectivity index (χ3v) is 7.46. The lowest BCUT2D eigenvalue weighted by atomic mass is 9.79. The van der Waals surface area contributed by atoms with E-state index in [2.05, 4.69) is 27.7 Å². The van der Waals surface area contributed by atoms with Crippen molar-refractivity contribution in [1.82, 2.24) is 9.96 Å². The maximum absolute atomic E-state index is 13.8. The summed E-state index contributed by atoms with van der Waals surface area (Å²) < 4.78 is 0. The van der Waals surface area contributed by atoms with E-state index in [1.807, 2.05) is 23.3 Å². The van der Waals surface area contributed by atoms with Gasteiger partial charge in [0.25, 0.3) is 0 Å². The van der Waals surface area contributed by atoms with Crippen molar-refractivity contribution >= 4 is 17.3 Å². The van der Waals surface area contributed by atoms with Crippen LogP contribution in [0.15, 0.2) is 60.8 Å². The normalized spacial score (nSPS) is 31.3. The molecule has 2 aromatic carbocycles. The molecule has 6 rings (SSSR count). The Labute approximate surface area is 192 Å². The number of hydrogen-bond acceptors (Lipinski definition) is 6. The van der Waals surface area contributed by atoms with Crippen molar-refractivity contribution in [2.24, 2.45) is 0 Å². The van der Waals surface area contributed by atoms with Gasteiger partial charge in [0.05, 0.1) is 17.6 Å². The van der Waals surface area contributed by atoms with E-state index in [0.29, 0.717) is 17.6 Å². The number of nitrogens with zero attached hydrogens (tertiary/aromatic N) is 2. The molecule has 0 saturated carbocycles. The Hall–Kier alpha value is -3.00. The van der Waals surface area contributed by atoms with Crippen molar-refractivity contribution in [2.45, 2.75) is 56.5 Å². The summed E-state index contributed by atoms with van der Waals surface area (Å²) in [7, 11) is 0. The first-order chi connectivity index (χ1) is 15.4. The number of ketones is 1. The highest BCUT2D eigenvalue weighted by Gasteiger charge is 2.74. The van der Waals surface area contributed by atoms with E-state index in [1.54, 1.807) is 35.4 Å². The Kier molecular flexibility index (Phi) is 4.47. The molecule has 3 fully saturated rings. The van der Waals surface area contributed by atoms with Crippen LogP contribution < -0.4 is 0 Å². The predicted octanol–water partition coefficient (Wildman–Crippen LogP) is 3.40. The average Bonchev–Trinajstić information content (AvgIpc) is 3.27. The van der Waals surface area contributed by atoms with E-state index in [-0.39, 0.29) is 28.7 Å². The minimum absolute atomic E-state index is 0.0484. The van der Waals surface area contributed by atoms with Gasteiger partial charge in [0, 0.05) is 29.3 Å². The predicted molar refractivity (Wildman–Crippen MR) is 122 cm³/mol. The van der Waals surface area contributed by atoms with Gasteiger partial charge in [-0.05, 0) is 39.3 Å². The topological polar surface area (TPSA) is 90.3 Å². The number of hydroxylamine groups is 2. The maximum atomic E-state index is 13.8. The molecular weight excluding hydrogens is 420 g/mol. The number of hydrogen-bond donors (Lipinski definition) is 2. The van der Waals surface area contributed by atoms with E-state index in [4.69, 9.17) is 4.84 Å². The van der Waals surface area contributed by atoms with Gasteiger partial charge in [-0.15, -0.1) is 0 Å². The number of aliphatic hydroxyl groups is 1. The van der Waals surface area contributed by atoms with E-state index in [9.17, 15) is 19.8 Å². The molecule has 172 valence electrons. The lowest BCUT2D eigenvalue weighted by Gasteiger charge is -2.58. The van der Waals surface area contributed by atoms with Crippen molar-refractivity contribution in [1.29, 1.82) is 0 Å². The van der Waals surface area contributed by atoms with Crippen molar-refractivity contribution in [2.75, 3.05) is 6.54 Å². The Morgan fingerprint density at radius 1 is 1.03 bits per heavy atom. The van der Waals surface area contributed by atoms with Gasteiger partial charge >= 0.3 is 5.97 Å². The Morgan fingerprint density at radius 2 is 1.67 bits per heavy atom. The molecule has 0 amide bonds. The van der Waals surface area contributed by atoms with Gasteiger partial charge in [-0.1, -0.05) is 48.5 Å². The first-order valence-electron chi connectivity index (χ1n) is 11.1. The third kappa shape index (κ3) is 2.79. The molecule has 2 aromatic rings. The lowest BCUT2D eigenvalue weighted by Crippen LogP contribution is -2.72. The average molecular weight is 449 g/mol. The molecule has 7 heteroatoms. The highest BCUT2D eigenvalue weighted by atomic mass is 16.8. The Morgan fingerprint density at radius 3 is 2.24 bits per heavy atom. The molecule has 3 atom stereocenters. The second-order valence-corrected chi connectivity index (χ2v) is 10.3. The van der Waals surface area contributed by atoms with Crippen LogP contribution in [0.2, 0.25) is 0 Å². The van der Waals surface area contributed by atoms with Crippen LogP contribution in [-0.4, -0.2) is 55.2 Å². The summed E-state index contributed by atoms with van der Waals surface area (Å²) in [6, 6.07) is 15.2. The van der Waals surface area contributed by atoms with E-state index < -0.39 is 23.1 Å². The minimum atomic E-state index is -2.17. The van der Waals surface area contributed by atoms with Crippen LogP contribution in [0.25, 0.3) is 5.57 Å². The number of aromatic carboxylic acids is 1. The monoisotopic (exact) mass is 448 g/mol. The zero-order valence-electron chi connectivity index (χ0n) is 19.2. The van der Waals surface area contributed by atoms with Gasteiger partial charge in [0.15, 0.2) is 0 Å². The smallest absolute Gasteiger partial charge is 0.336 e. The fourth-order valence-electron chi connectivity index (χ4n) is 5.86. The lowest BCUT2D eigenvalue weighted by molar-refractivity contribution is -0.400. The van der Waals surface area contributed by atoms with Gasteiger partial charge in [-0.2, -0.15) is 5.06 Å². The van der Waals surface area contributed by atoms with Crippen LogP contribution in [0.4, 0.5) is 0 Å². The highest BCUT2D eigenvalue weighted by Crippen LogP contribution is 2.60. The largest absolute Gasteiger partial charge is 0.478 e. The number of carboxylic acids is 1. The van der Waals surface area contributed by atoms with Crippen LogP contribution in [-0.2, 0) is 15.4 Å². The first-order valence-corrected chi connectivity index (χ1v) is 11.1. The molecule has 2 bridgehead atoms. The summed E-state index contributed by atoms with van der Waals surface area (Å²) in [5.74, 6) is -1.75. The molecule has 0 aliphatic carbocycles. The van der Waals surface area contributed by atoms with Gasteiger partial charge in [0.1, 0.15) is 5.60 Å². The Balaban J connectivity index is 1.64. The number of carbonyl (C=O) groups excluding carboxylic acids is 1. The van der Waals surface area contributed by atoms with Crippen LogP contribution >= 0.6 is 0 Å².